The number of likely N-dealkylation sites (N-methyl/N-ethyl adjacent to an activating group) is 1. The van der Waals surface area contributed by atoms with Gasteiger partial charge in [-0.15, -0.1) is 11.3 Å². The number of hydrogen-bond donors (Lipinski definition) is 1. The Morgan fingerprint density at radius 1 is 1.10 bits per heavy atom. The Balaban J connectivity index is 1.70. The summed E-state index contributed by atoms with van der Waals surface area (Å²) in [4.78, 5) is 3.88. The van der Waals surface area contributed by atoms with E-state index < -0.39 is 0 Å². The molecule has 2 nitrogen and oxygen atoms in total. The first-order valence-corrected chi connectivity index (χ1v) is 8.22. The number of nitrogens with zero attached hydrogens (tertiary/aromatic N) is 1. The average molecular weight is 288 g/mol. The lowest BCUT2D eigenvalue weighted by atomic mass is 10.2. The maximum absolute atomic E-state index is 3.53. The number of nitrogens with one attached hydrogen (secondary N) is 1. The van der Waals surface area contributed by atoms with E-state index in [0.29, 0.717) is 0 Å². The molecule has 20 heavy (non-hydrogen) atoms. The second-order valence-electron chi connectivity index (χ2n) is 4.99. The molecule has 0 atom stereocenters. The van der Waals surface area contributed by atoms with Crippen LogP contribution in [0.3, 0.4) is 0 Å². The maximum Gasteiger partial charge on any atom is 0.0366 e. The number of aryl methyl sites for hydroxylation is 1. The van der Waals surface area contributed by atoms with Crippen molar-refractivity contribution in [3.05, 3.63) is 52.2 Å². The lowest BCUT2D eigenvalue weighted by Gasteiger charge is -2.23. The van der Waals surface area contributed by atoms with Gasteiger partial charge in [0.05, 0.1) is 0 Å². The van der Waals surface area contributed by atoms with Crippen molar-refractivity contribution >= 4 is 17.0 Å². The SMILES string of the molecule is CCN(CCNCCc1cccs1)c1ccc(C)cc1. The second-order valence-corrected chi connectivity index (χ2v) is 6.03. The molecule has 1 aromatic carbocycles. The summed E-state index contributed by atoms with van der Waals surface area (Å²) in [5.74, 6) is 0. The highest BCUT2D eigenvalue weighted by atomic mass is 32.1. The van der Waals surface area contributed by atoms with Crippen molar-refractivity contribution in [2.24, 2.45) is 0 Å². The first-order chi connectivity index (χ1) is 9.79. The molecule has 0 amide bonds. The highest BCUT2D eigenvalue weighted by Gasteiger charge is 2.03. The molecular formula is C17H24N2S. The Kier molecular flexibility index (Phi) is 6.09. The zero-order chi connectivity index (χ0) is 14.2. The minimum atomic E-state index is 1.03. The van der Waals surface area contributed by atoms with Crippen LogP contribution in [-0.2, 0) is 6.42 Å². The minimum Gasteiger partial charge on any atom is -0.371 e. The Labute approximate surface area is 126 Å². The van der Waals surface area contributed by atoms with Gasteiger partial charge in [-0.1, -0.05) is 23.8 Å². The molecule has 108 valence electrons. The van der Waals surface area contributed by atoms with Crippen molar-refractivity contribution in [1.82, 2.24) is 5.32 Å². The molecule has 0 aliphatic carbocycles. The molecule has 0 unspecified atom stereocenters. The second kappa shape index (κ2) is 8.08. The summed E-state index contributed by atoms with van der Waals surface area (Å²) in [6.07, 6.45) is 1.13. The van der Waals surface area contributed by atoms with Crippen molar-refractivity contribution in [1.29, 1.82) is 0 Å². The number of rotatable bonds is 8. The Hall–Kier alpha value is -1.32. The van der Waals surface area contributed by atoms with Gasteiger partial charge < -0.3 is 10.2 Å². The normalized spacial score (nSPS) is 10.7. The van der Waals surface area contributed by atoms with Crippen molar-refractivity contribution in [2.75, 3.05) is 31.1 Å². The van der Waals surface area contributed by atoms with Crippen LogP contribution in [0.25, 0.3) is 0 Å². The Morgan fingerprint density at radius 2 is 1.90 bits per heavy atom. The van der Waals surface area contributed by atoms with E-state index in [4.69, 9.17) is 0 Å². The fourth-order valence-corrected chi connectivity index (χ4v) is 2.94. The first kappa shape index (κ1) is 15.1. The third kappa shape index (κ3) is 4.66. The summed E-state index contributed by atoms with van der Waals surface area (Å²) in [7, 11) is 0. The topological polar surface area (TPSA) is 15.3 Å². The number of hydrogen-bond acceptors (Lipinski definition) is 3. The van der Waals surface area contributed by atoms with Gasteiger partial charge >= 0.3 is 0 Å². The lowest BCUT2D eigenvalue weighted by molar-refractivity contribution is 0.665. The highest BCUT2D eigenvalue weighted by Crippen LogP contribution is 2.14. The Morgan fingerprint density at radius 3 is 2.55 bits per heavy atom. The molecule has 1 aromatic heterocycles. The number of anilines is 1. The van der Waals surface area contributed by atoms with E-state index >= 15 is 0 Å². The van der Waals surface area contributed by atoms with Crippen molar-refractivity contribution in [2.45, 2.75) is 20.3 Å². The predicted octanol–water partition coefficient (Wildman–Crippen LogP) is 3.72. The van der Waals surface area contributed by atoms with E-state index in [2.05, 4.69) is 65.8 Å². The van der Waals surface area contributed by atoms with Gasteiger partial charge in [-0.25, -0.2) is 0 Å². The van der Waals surface area contributed by atoms with Crippen molar-refractivity contribution in [3.8, 4) is 0 Å². The maximum atomic E-state index is 3.53. The molecule has 2 aromatic rings. The number of thiophene rings is 1. The highest BCUT2D eigenvalue weighted by molar-refractivity contribution is 7.09. The number of benzene rings is 1. The summed E-state index contributed by atoms with van der Waals surface area (Å²) in [6, 6.07) is 13.1. The first-order valence-electron chi connectivity index (χ1n) is 7.34. The van der Waals surface area contributed by atoms with Gasteiger partial charge in [0.2, 0.25) is 0 Å². The molecular weight excluding hydrogens is 264 g/mol. The van der Waals surface area contributed by atoms with Gasteiger partial charge in [0.15, 0.2) is 0 Å². The van der Waals surface area contributed by atoms with Crippen LogP contribution in [0.2, 0.25) is 0 Å². The van der Waals surface area contributed by atoms with E-state index in [1.54, 1.807) is 0 Å². The zero-order valence-electron chi connectivity index (χ0n) is 12.4. The van der Waals surface area contributed by atoms with E-state index in [-0.39, 0.29) is 0 Å². The monoisotopic (exact) mass is 288 g/mol. The molecule has 2 rings (SSSR count). The third-order valence-corrected chi connectivity index (χ3v) is 4.40. The van der Waals surface area contributed by atoms with Crippen LogP contribution in [0, 0.1) is 6.92 Å². The molecule has 3 heteroatoms. The Bertz CT molecular complexity index is 476. The van der Waals surface area contributed by atoms with Gasteiger partial charge in [-0.3, -0.25) is 0 Å². The molecule has 0 bridgehead atoms. The van der Waals surface area contributed by atoms with E-state index in [0.717, 1.165) is 32.6 Å². The van der Waals surface area contributed by atoms with E-state index in [1.807, 2.05) is 11.3 Å². The largest absolute Gasteiger partial charge is 0.371 e. The molecule has 0 aliphatic rings. The molecule has 1 N–H and O–H groups in total. The average Bonchev–Trinajstić information content (AvgIpc) is 2.97. The van der Waals surface area contributed by atoms with E-state index in [9.17, 15) is 0 Å². The molecule has 0 radical (unpaired) electrons. The van der Waals surface area contributed by atoms with Crippen LogP contribution >= 0.6 is 11.3 Å². The van der Waals surface area contributed by atoms with Crippen LogP contribution in [0.5, 0.6) is 0 Å². The smallest absolute Gasteiger partial charge is 0.0366 e. The van der Waals surface area contributed by atoms with Gasteiger partial charge in [-0.05, 0) is 43.8 Å². The molecule has 0 fully saturated rings. The van der Waals surface area contributed by atoms with Gasteiger partial charge in [0.25, 0.3) is 0 Å². The zero-order valence-corrected chi connectivity index (χ0v) is 13.2. The summed E-state index contributed by atoms with van der Waals surface area (Å²) in [6.45, 7) is 8.55. The third-order valence-electron chi connectivity index (χ3n) is 3.47. The van der Waals surface area contributed by atoms with Crippen LogP contribution < -0.4 is 10.2 Å². The quantitative estimate of drug-likeness (QED) is 0.745. The van der Waals surface area contributed by atoms with Gasteiger partial charge in [0.1, 0.15) is 0 Å². The summed E-state index contributed by atoms with van der Waals surface area (Å²) in [5, 5.41) is 5.68. The fourth-order valence-electron chi connectivity index (χ4n) is 2.23. The van der Waals surface area contributed by atoms with Crippen LogP contribution in [-0.4, -0.2) is 26.2 Å². The van der Waals surface area contributed by atoms with E-state index in [1.165, 1.54) is 16.1 Å². The lowest BCUT2D eigenvalue weighted by Crippen LogP contribution is -2.32. The standard InChI is InChI=1S/C17H24N2S/c1-3-19(16-8-6-15(2)7-9-16)13-12-18-11-10-17-5-4-14-20-17/h4-9,14,18H,3,10-13H2,1-2H3. The van der Waals surface area contributed by atoms with Gasteiger partial charge in [0, 0.05) is 36.7 Å². The molecule has 0 aliphatic heterocycles. The fraction of sp³-hybridized carbons (Fsp3) is 0.412. The summed E-state index contributed by atoms with van der Waals surface area (Å²) < 4.78 is 0. The predicted molar refractivity (Wildman–Crippen MR) is 90.0 cm³/mol. The summed E-state index contributed by atoms with van der Waals surface area (Å²) in [5.41, 5.74) is 2.64. The molecule has 0 spiro atoms. The summed E-state index contributed by atoms with van der Waals surface area (Å²) >= 11 is 1.84. The van der Waals surface area contributed by atoms with Gasteiger partial charge in [-0.2, -0.15) is 0 Å². The van der Waals surface area contributed by atoms with Crippen LogP contribution in [0.1, 0.15) is 17.4 Å². The molecule has 0 saturated heterocycles. The molecule has 1 heterocycles. The van der Waals surface area contributed by atoms with Crippen LogP contribution in [0.4, 0.5) is 5.69 Å². The molecule has 0 saturated carbocycles. The van der Waals surface area contributed by atoms with Crippen LogP contribution in [0.15, 0.2) is 41.8 Å². The van der Waals surface area contributed by atoms with Crippen molar-refractivity contribution in [3.63, 3.8) is 0 Å². The minimum absolute atomic E-state index is 1.03. The van der Waals surface area contributed by atoms with Crippen molar-refractivity contribution < 1.29 is 0 Å².